The Bertz CT molecular complexity index is 485. The van der Waals surface area contributed by atoms with Crippen molar-refractivity contribution in [3.05, 3.63) is 24.3 Å². The molecular formula is C14H19N3O3. The van der Waals surface area contributed by atoms with E-state index in [0.29, 0.717) is 18.8 Å². The highest BCUT2D eigenvalue weighted by Crippen LogP contribution is 2.15. The van der Waals surface area contributed by atoms with Crippen LogP contribution >= 0.6 is 0 Å². The van der Waals surface area contributed by atoms with Gasteiger partial charge in [-0.1, -0.05) is 0 Å². The van der Waals surface area contributed by atoms with Gasteiger partial charge in [0, 0.05) is 32.0 Å². The minimum absolute atomic E-state index is 0.0221. The SMILES string of the molecule is CN(C)c1ccc(NC(=O)CN2CCCOC2=O)cc1. The predicted molar refractivity (Wildman–Crippen MR) is 76.9 cm³/mol. The molecule has 0 radical (unpaired) electrons. The molecule has 1 fully saturated rings. The van der Waals surface area contributed by atoms with E-state index in [-0.39, 0.29) is 12.5 Å². The Balaban J connectivity index is 1.89. The van der Waals surface area contributed by atoms with Gasteiger partial charge in [-0.3, -0.25) is 9.69 Å². The van der Waals surface area contributed by atoms with E-state index in [1.165, 1.54) is 4.90 Å². The number of carbonyl (C=O) groups excluding carboxylic acids is 2. The van der Waals surface area contributed by atoms with Crippen LogP contribution in [0.4, 0.5) is 16.2 Å². The molecular weight excluding hydrogens is 258 g/mol. The van der Waals surface area contributed by atoms with Crippen LogP contribution < -0.4 is 10.2 Å². The number of cyclic esters (lactones) is 1. The van der Waals surface area contributed by atoms with E-state index in [1.807, 2.05) is 43.3 Å². The van der Waals surface area contributed by atoms with Crippen molar-refractivity contribution >= 4 is 23.4 Å². The van der Waals surface area contributed by atoms with Gasteiger partial charge in [-0.25, -0.2) is 4.79 Å². The van der Waals surface area contributed by atoms with Crippen molar-refractivity contribution in [1.82, 2.24) is 4.90 Å². The Labute approximate surface area is 118 Å². The molecule has 0 aliphatic carbocycles. The second kappa shape index (κ2) is 6.27. The van der Waals surface area contributed by atoms with Gasteiger partial charge in [0.25, 0.3) is 0 Å². The van der Waals surface area contributed by atoms with Crippen molar-refractivity contribution in [3.8, 4) is 0 Å². The maximum atomic E-state index is 11.9. The van der Waals surface area contributed by atoms with E-state index in [1.54, 1.807) is 0 Å². The van der Waals surface area contributed by atoms with E-state index in [0.717, 1.165) is 12.1 Å². The van der Waals surface area contributed by atoms with Gasteiger partial charge in [-0.15, -0.1) is 0 Å². The molecule has 0 atom stereocenters. The van der Waals surface area contributed by atoms with E-state index in [4.69, 9.17) is 4.74 Å². The summed E-state index contributed by atoms with van der Waals surface area (Å²) in [5.41, 5.74) is 1.77. The highest BCUT2D eigenvalue weighted by atomic mass is 16.6. The Hall–Kier alpha value is -2.24. The summed E-state index contributed by atoms with van der Waals surface area (Å²) < 4.78 is 4.89. The van der Waals surface area contributed by atoms with E-state index in [2.05, 4.69) is 5.32 Å². The third kappa shape index (κ3) is 3.63. The van der Waals surface area contributed by atoms with Crippen LogP contribution in [0.3, 0.4) is 0 Å². The fourth-order valence-corrected chi connectivity index (χ4v) is 1.96. The Morgan fingerprint density at radius 1 is 1.35 bits per heavy atom. The number of amides is 2. The first-order valence-electron chi connectivity index (χ1n) is 6.55. The molecule has 1 heterocycles. The van der Waals surface area contributed by atoms with Gasteiger partial charge in [0.1, 0.15) is 6.54 Å². The van der Waals surface area contributed by atoms with Crippen LogP contribution in [-0.4, -0.2) is 50.7 Å². The first-order valence-corrected chi connectivity index (χ1v) is 6.55. The Morgan fingerprint density at radius 3 is 2.65 bits per heavy atom. The topological polar surface area (TPSA) is 61.9 Å². The zero-order valence-corrected chi connectivity index (χ0v) is 11.8. The van der Waals surface area contributed by atoms with Crippen molar-refractivity contribution in [2.24, 2.45) is 0 Å². The van der Waals surface area contributed by atoms with Crippen LogP contribution in [0.5, 0.6) is 0 Å². The molecule has 1 N–H and O–H groups in total. The largest absolute Gasteiger partial charge is 0.449 e. The molecule has 0 bridgehead atoms. The summed E-state index contributed by atoms with van der Waals surface area (Å²) in [5.74, 6) is -0.221. The van der Waals surface area contributed by atoms with Crippen molar-refractivity contribution in [1.29, 1.82) is 0 Å². The summed E-state index contributed by atoms with van der Waals surface area (Å²) >= 11 is 0. The smallest absolute Gasteiger partial charge is 0.410 e. The number of ether oxygens (including phenoxy) is 1. The summed E-state index contributed by atoms with van der Waals surface area (Å²) in [6.45, 7) is 1.02. The lowest BCUT2D eigenvalue weighted by atomic mass is 10.2. The first-order chi connectivity index (χ1) is 9.56. The molecule has 0 unspecified atom stereocenters. The third-order valence-electron chi connectivity index (χ3n) is 3.06. The number of nitrogens with one attached hydrogen (secondary N) is 1. The maximum absolute atomic E-state index is 11.9. The number of hydrogen-bond acceptors (Lipinski definition) is 4. The Morgan fingerprint density at radius 2 is 2.05 bits per heavy atom. The quantitative estimate of drug-likeness (QED) is 0.906. The van der Waals surface area contributed by atoms with Gasteiger partial charge in [0.2, 0.25) is 5.91 Å². The molecule has 108 valence electrons. The normalized spacial score (nSPS) is 14.7. The summed E-state index contributed by atoms with van der Waals surface area (Å²) in [7, 11) is 3.91. The van der Waals surface area contributed by atoms with Crippen LogP contribution in [0.2, 0.25) is 0 Å². The number of rotatable bonds is 4. The predicted octanol–water partition coefficient (Wildman–Crippen LogP) is 1.53. The summed E-state index contributed by atoms with van der Waals surface area (Å²) in [4.78, 5) is 26.7. The van der Waals surface area contributed by atoms with Crippen LogP contribution in [0.25, 0.3) is 0 Å². The second-order valence-electron chi connectivity index (χ2n) is 4.88. The van der Waals surface area contributed by atoms with Crippen LogP contribution in [0.15, 0.2) is 24.3 Å². The summed E-state index contributed by atoms with van der Waals surface area (Å²) in [5, 5.41) is 2.77. The molecule has 0 spiro atoms. The van der Waals surface area contributed by atoms with Crippen molar-refractivity contribution in [2.75, 3.05) is 44.0 Å². The standard InChI is InChI=1S/C14H19N3O3/c1-16(2)12-6-4-11(5-7-12)15-13(18)10-17-8-3-9-20-14(17)19/h4-7H,3,8-10H2,1-2H3,(H,15,18). The molecule has 6 heteroatoms. The number of benzene rings is 1. The van der Waals surface area contributed by atoms with Gasteiger partial charge in [-0.2, -0.15) is 0 Å². The second-order valence-corrected chi connectivity index (χ2v) is 4.88. The molecule has 0 aromatic heterocycles. The highest BCUT2D eigenvalue weighted by Gasteiger charge is 2.21. The molecule has 1 aliphatic rings. The molecule has 1 aromatic carbocycles. The number of nitrogens with zero attached hydrogens (tertiary/aromatic N) is 2. The van der Waals surface area contributed by atoms with Crippen molar-refractivity contribution in [3.63, 3.8) is 0 Å². The Kier molecular flexibility index (Phi) is 4.45. The van der Waals surface area contributed by atoms with Gasteiger partial charge < -0.3 is 15.0 Å². The van der Waals surface area contributed by atoms with Crippen LogP contribution in [-0.2, 0) is 9.53 Å². The van der Waals surface area contributed by atoms with Crippen molar-refractivity contribution < 1.29 is 14.3 Å². The number of hydrogen-bond donors (Lipinski definition) is 1. The minimum Gasteiger partial charge on any atom is -0.449 e. The van der Waals surface area contributed by atoms with Gasteiger partial charge in [-0.05, 0) is 30.7 Å². The number of anilines is 2. The average molecular weight is 277 g/mol. The van der Waals surface area contributed by atoms with E-state index < -0.39 is 6.09 Å². The zero-order valence-electron chi connectivity index (χ0n) is 11.8. The fraction of sp³-hybridized carbons (Fsp3) is 0.429. The molecule has 1 saturated heterocycles. The number of carbonyl (C=O) groups is 2. The highest BCUT2D eigenvalue weighted by molar-refractivity contribution is 5.94. The molecule has 2 rings (SSSR count). The zero-order chi connectivity index (χ0) is 14.5. The fourth-order valence-electron chi connectivity index (χ4n) is 1.96. The van der Waals surface area contributed by atoms with Crippen molar-refractivity contribution in [2.45, 2.75) is 6.42 Å². The molecule has 1 aromatic rings. The lowest BCUT2D eigenvalue weighted by Gasteiger charge is -2.25. The molecule has 20 heavy (non-hydrogen) atoms. The lowest BCUT2D eigenvalue weighted by Crippen LogP contribution is -2.42. The first kappa shape index (κ1) is 14.2. The molecule has 0 saturated carbocycles. The summed E-state index contributed by atoms with van der Waals surface area (Å²) in [6.07, 6.45) is 0.339. The average Bonchev–Trinajstić information content (AvgIpc) is 2.42. The lowest BCUT2D eigenvalue weighted by molar-refractivity contribution is -0.117. The summed E-state index contributed by atoms with van der Waals surface area (Å²) in [6, 6.07) is 7.51. The van der Waals surface area contributed by atoms with Gasteiger partial charge in [0.15, 0.2) is 0 Å². The van der Waals surface area contributed by atoms with Crippen LogP contribution in [0, 0.1) is 0 Å². The van der Waals surface area contributed by atoms with E-state index in [9.17, 15) is 9.59 Å². The molecule has 1 aliphatic heterocycles. The molecule has 2 amide bonds. The van der Waals surface area contributed by atoms with E-state index >= 15 is 0 Å². The van der Waals surface area contributed by atoms with Gasteiger partial charge >= 0.3 is 6.09 Å². The monoisotopic (exact) mass is 277 g/mol. The third-order valence-corrected chi connectivity index (χ3v) is 3.06. The maximum Gasteiger partial charge on any atom is 0.410 e. The minimum atomic E-state index is -0.422. The van der Waals surface area contributed by atoms with Crippen LogP contribution in [0.1, 0.15) is 6.42 Å². The molecule has 6 nitrogen and oxygen atoms in total. The van der Waals surface area contributed by atoms with Gasteiger partial charge in [0.05, 0.1) is 6.61 Å².